The number of carbonyl (C=O) groups excluding carboxylic acids is 1. The Morgan fingerprint density at radius 3 is 2.32 bits per heavy atom. The van der Waals surface area contributed by atoms with Crippen LogP contribution < -0.4 is 22.7 Å². The summed E-state index contributed by atoms with van der Waals surface area (Å²) in [6.07, 6.45) is 0. The molecular weight excluding hydrogens is 280 g/mol. The largest absolute Gasteiger partial charge is 0.368 e. The Hall–Kier alpha value is -3.19. The van der Waals surface area contributed by atoms with E-state index in [9.17, 15) is 4.79 Å². The third-order valence-corrected chi connectivity index (χ3v) is 3.35. The van der Waals surface area contributed by atoms with Gasteiger partial charge in [-0.25, -0.2) is 10.8 Å². The Balaban J connectivity index is 2.11. The zero-order chi connectivity index (χ0) is 15.7. The number of hydrazine groups is 1. The van der Waals surface area contributed by atoms with Crippen LogP contribution in [0.15, 0.2) is 42.5 Å². The number of nitrogens with zero attached hydrogens (tertiary/aromatic N) is 2. The van der Waals surface area contributed by atoms with Gasteiger partial charge in [0.05, 0.1) is 5.52 Å². The summed E-state index contributed by atoms with van der Waals surface area (Å²) in [5, 5.41) is 0.758. The van der Waals surface area contributed by atoms with Gasteiger partial charge in [0, 0.05) is 10.9 Å². The summed E-state index contributed by atoms with van der Waals surface area (Å²) in [6.45, 7) is 0. The normalized spacial score (nSPS) is 10.6. The maximum Gasteiger partial charge on any atom is 0.248 e. The minimum absolute atomic E-state index is 0.152. The molecule has 7 nitrogen and oxygen atoms in total. The molecule has 0 aliphatic heterocycles. The molecule has 0 radical (unpaired) electrons. The van der Waals surface area contributed by atoms with Gasteiger partial charge in [0.2, 0.25) is 11.9 Å². The molecule has 7 heteroatoms. The number of primary amides is 1. The van der Waals surface area contributed by atoms with Gasteiger partial charge in [-0.3, -0.25) is 4.79 Å². The Kier molecular flexibility index (Phi) is 3.32. The van der Waals surface area contributed by atoms with Crippen molar-refractivity contribution in [1.82, 2.24) is 9.97 Å². The van der Waals surface area contributed by atoms with E-state index in [4.69, 9.17) is 17.3 Å². The third kappa shape index (κ3) is 2.40. The minimum Gasteiger partial charge on any atom is -0.368 e. The summed E-state index contributed by atoms with van der Waals surface area (Å²) in [5.41, 5.74) is 16.4. The molecule has 3 aromatic rings. The van der Waals surface area contributed by atoms with Crippen LogP contribution in [0.4, 0.5) is 11.8 Å². The van der Waals surface area contributed by atoms with Crippen molar-refractivity contribution < 1.29 is 4.79 Å². The van der Waals surface area contributed by atoms with Crippen molar-refractivity contribution in [3.05, 3.63) is 48.0 Å². The molecule has 0 aliphatic rings. The van der Waals surface area contributed by atoms with Crippen LogP contribution in [-0.4, -0.2) is 15.9 Å². The predicted molar refractivity (Wildman–Crippen MR) is 85.7 cm³/mol. The number of hydrogen-bond acceptors (Lipinski definition) is 6. The summed E-state index contributed by atoms with van der Waals surface area (Å²) in [7, 11) is 0. The van der Waals surface area contributed by atoms with Crippen LogP contribution in [0, 0.1) is 0 Å². The zero-order valence-corrected chi connectivity index (χ0v) is 11.6. The Bertz CT molecular complexity index is 860. The van der Waals surface area contributed by atoms with Gasteiger partial charge >= 0.3 is 0 Å². The van der Waals surface area contributed by atoms with E-state index in [1.54, 1.807) is 12.1 Å². The van der Waals surface area contributed by atoms with Crippen molar-refractivity contribution in [2.24, 2.45) is 11.6 Å². The number of benzene rings is 2. The highest BCUT2D eigenvalue weighted by atomic mass is 16.1. The molecule has 0 saturated carbocycles. The lowest BCUT2D eigenvalue weighted by Crippen LogP contribution is -2.11. The summed E-state index contributed by atoms with van der Waals surface area (Å²) in [4.78, 5) is 19.3. The molecular formula is C15H14N6O. The SMILES string of the molecule is NNc1nc(N)nc2ccc(-c3ccc(C(N)=O)cc3)cc12. The minimum atomic E-state index is -0.455. The Morgan fingerprint density at radius 1 is 1.00 bits per heavy atom. The van der Waals surface area contributed by atoms with Crippen molar-refractivity contribution in [2.45, 2.75) is 0 Å². The topological polar surface area (TPSA) is 133 Å². The second-order valence-corrected chi connectivity index (χ2v) is 4.75. The van der Waals surface area contributed by atoms with E-state index in [1.807, 2.05) is 30.3 Å². The number of fused-ring (bicyclic) bond motifs is 1. The Morgan fingerprint density at radius 2 is 1.68 bits per heavy atom. The first-order chi connectivity index (χ1) is 10.6. The average molecular weight is 294 g/mol. The molecule has 3 rings (SSSR count). The van der Waals surface area contributed by atoms with E-state index < -0.39 is 5.91 Å². The van der Waals surface area contributed by atoms with Crippen LogP contribution in [0.2, 0.25) is 0 Å². The van der Waals surface area contributed by atoms with E-state index in [-0.39, 0.29) is 5.95 Å². The molecule has 0 aliphatic carbocycles. The van der Waals surface area contributed by atoms with Crippen LogP contribution in [-0.2, 0) is 0 Å². The highest BCUT2D eigenvalue weighted by molar-refractivity contribution is 5.95. The van der Waals surface area contributed by atoms with Crippen molar-refractivity contribution in [3.8, 4) is 11.1 Å². The molecule has 1 aromatic heterocycles. The molecule has 1 amide bonds. The predicted octanol–water partition coefficient (Wildman–Crippen LogP) is 1.26. The first-order valence-corrected chi connectivity index (χ1v) is 6.52. The second-order valence-electron chi connectivity index (χ2n) is 4.75. The van der Waals surface area contributed by atoms with Gasteiger partial charge in [0.25, 0.3) is 0 Å². The van der Waals surface area contributed by atoms with Crippen molar-refractivity contribution >= 4 is 28.6 Å². The van der Waals surface area contributed by atoms with Gasteiger partial charge in [-0.2, -0.15) is 4.98 Å². The smallest absolute Gasteiger partial charge is 0.248 e. The number of rotatable bonds is 3. The molecule has 0 atom stereocenters. The average Bonchev–Trinajstić information content (AvgIpc) is 2.53. The third-order valence-electron chi connectivity index (χ3n) is 3.35. The highest BCUT2D eigenvalue weighted by Crippen LogP contribution is 2.27. The number of nitrogen functional groups attached to an aromatic ring is 2. The van der Waals surface area contributed by atoms with Crippen LogP contribution in [0.3, 0.4) is 0 Å². The van der Waals surface area contributed by atoms with Gasteiger partial charge in [-0.1, -0.05) is 18.2 Å². The lowest BCUT2D eigenvalue weighted by Gasteiger charge is -2.08. The number of amides is 1. The number of carbonyl (C=O) groups is 1. The van der Waals surface area contributed by atoms with Crippen LogP contribution in [0.1, 0.15) is 10.4 Å². The fourth-order valence-corrected chi connectivity index (χ4v) is 2.26. The maximum absolute atomic E-state index is 11.1. The van der Waals surface area contributed by atoms with E-state index in [0.717, 1.165) is 16.5 Å². The molecule has 7 N–H and O–H groups in total. The van der Waals surface area contributed by atoms with E-state index in [0.29, 0.717) is 16.9 Å². The van der Waals surface area contributed by atoms with Gasteiger partial charge in [-0.05, 0) is 35.4 Å². The number of nitrogens with two attached hydrogens (primary N) is 3. The van der Waals surface area contributed by atoms with Gasteiger partial charge in [0.15, 0.2) is 5.82 Å². The fourth-order valence-electron chi connectivity index (χ4n) is 2.26. The van der Waals surface area contributed by atoms with E-state index >= 15 is 0 Å². The van der Waals surface area contributed by atoms with Crippen molar-refractivity contribution in [1.29, 1.82) is 0 Å². The van der Waals surface area contributed by atoms with Gasteiger partial charge in [-0.15, -0.1) is 0 Å². The van der Waals surface area contributed by atoms with Gasteiger partial charge in [0.1, 0.15) is 0 Å². The maximum atomic E-state index is 11.1. The number of hydrogen-bond donors (Lipinski definition) is 4. The molecule has 0 saturated heterocycles. The van der Waals surface area contributed by atoms with Crippen LogP contribution in [0.5, 0.6) is 0 Å². The molecule has 0 bridgehead atoms. The standard InChI is InChI=1S/C15H14N6O/c16-13(22)9-3-1-8(2-4-9)10-5-6-12-11(7-10)14(21-18)20-15(17)19-12/h1-7H,18H2,(H2,16,22)(H3,17,19,20,21). The van der Waals surface area contributed by atoms with Gasteiger partial charge < -0.3 is 16.9 Å². The Labute approximate surface area is 126 Å². The molecule has 22 heavy (non-hydrogen) atoms. The lowest BCUT2D eigenvalue weighted by molar-refractivity contribution is 0.100. The number of nitrogens with one attached hydrogen (secondary N) is 1. The lowest BCUT2D eigenvalue weighted by atomic mass is 10.0. The van der Waals surface area contributed by atoms with E-state index in [2.05, 4.69) is 15.4 Å². The first-order valence-electron chi connectivity index (χ1n) is 6.52. The summed E-state index contributed by atoms with van der Waals surface area (Å²) < 4.78 is 0. The summed E-state index contributed by atoms with van der Waals surface area (Å²) >= 11 is 0. The first kappa shape index (κ1) is 13.8. The van der Waals surface area contributed by atoms with Crippen LogP contribution >= 0.6 is 0 Å². The molecule has 0 fully saturated rings. The van der Waals surface area contributed by atoms with Crippen molar-refractivity contribution in [3.63, 3.8) is 0 Å². The zero-order valence-electron chi connectivity index (χ0n) is 11.6. The second kappa shape index (κ2) is 5.30. The number of aromatic nitrogens is 2. The van der Waals surface area contributed by atoms with Crippen LogP contribution in [0.25, 0.3) is 22.0 Å². The number of anilines is 2. The summed E-state index contributed by atoms with van der Waals surface area (Å²) in [6, 6.07) is 12.7. The fraction of sp³-hybridized carbons (Fsp3) is 0. The molecule has 2 aromatic carbocycles. The molecule has 110 valence electrons. The molecule has 1 heterocycles. The molecule has 0 unspecified atom stereocenters. The quantitative estimate of drug-likeness (QED) is 0.424. The van der Waals surface area contributed by atoms with Crippen molar-refractivity contribution in [2.75, 3.05) is 11.2 Å². The highest BCUT2D eigenvalue weighted by Gasteiger charge is 2.08. The summed E-state index contributed by atoms with van der Waals surface area (Å²) in [5.74, 6) is 5.63. The molecule has 0 spiro atoms. The monoisotopic (exact) mass is 294 g/mol. The van der Waals surface area contributed by atoms with E-state index in [1.165, 1.54) is 0 Å².